The lowest BCUT2D eigenvalue weighted by Crippen LogP contribution is -2.18. The molecule has 1 saturated carbocycles. The molecule has 0 saturated heterocycles. The SMILES string of the molecule is N#C[C@H](c1ccccc1)c1ccc(NC(=O)[C@@H]2C[C@@H]2[N+](=O)[O-])cc1Cl. The van der Waals surface area contributed by atoms with Gasteiger partial charge in [-0.3, -0.25) is 14.9 Å². The number of halogens is 1. The van der Waals surface area contributed by atoms with Gasteiger partial charge in [-0.05, 0) is 23.3 Å². The summed E-state index contributed by atoms with van der Waals surface area (Å²) >= 11 is 6.30. The largest absolute Gasteiger partial charge is 0.326 e. The Labute approximate surface area is 149 Å². The maximum Gasteiger partial charge on any atom is 0.234 e. The van der Waals surface area contributed by atoms with Crippen LogP contribution in [0, 0.1) is 27.4 Å². The van der Waals surface area contributed by atoms with Crippen LogP contribution in [0.2, 0.25) is 5.02 Å². The first kappa shape index (κ1) is 16.9. The number of rotatable bonds is 5. The lowest BCUT2D eigenvalue weighted by Gasteiger charge is -2.13. The van der Waals surface area contributed by atoms with E-state index < -0.39 is 22.8 Å². The van der Waals surface area contributed by atoms with E-state index in [1.54, 1.807) is 18.2 Å². The fraction of sp³-hybridized carbons (Fsp3) is 0.222. The molecule has 0 radical (unpaired) electrons. The van der Waals surface area contributed by atoms with Crippen molar-refractivity contribution >= 4 is 23.2 Å². The van der Waals surface area contributed by atoms with Gasteiger partial charge in [-0.2, -0.15) is 5.26 Å². The fourth-order valence-electron chi connectivity index (χ4n) is 2.74. The van der Waals surface area contributed by atoms with Gasteiger partial charge in [-0.15, -0.1) is 0 Å². The quantitative estimate of drug-likeness (QED) is 0.654. The number of hydrogen-bond donors (Lipinski definition) is 1. The molecule has 1 amide bonds. The van der Waals surface area contributed by atoms with Crippen LogP contribution in [-0.2, 0) is 4.79 Å². The molecule has 6 nitrogen and oxygen atoms in total. The third-order valence-electron chi connectivity index (χ3n) is 4.21. The van der Waals surface area contributed by atoms with Crippen molar-refractivity contribution < 1.29 is 9.72 Å². The molecule has 0 spiro atoms. The lowest BCUT2D eigenvalue weighted by atomic mass is 9.92. The average Bonchev–Trinajstić information content (AvgIpc) is 3.39. The van der Waals surface area contributed by atoms with Crippen LogP contribution in [0.4, 0.5) is 5.69 Å². The molecule has 0 aromatic heterocycles. The molecule has 1 aliphatic carbocycles. The summed E-state index contributed by atoms with van der Waals surface area (Å²) in [6.45, 7) is 0. The molecule has 0 heterocycles. The Bertz CT molecular complexity index is 864. The molecule has 2 aromatic carbocycles. The van der Waals surface area contributed by atoms with Crippen LogP contribution in [0.25, 0.3) is 0 Å². The van der Waals surface area contributed by atoms with Crippen molar-refractivity contribution in [3.8, 4) is 6.07 Å². The summed E-state index contributed by atoms with van der Waals surface area (Å²) in [5.41, 5.74) is 1.93. The predicted octanol–water partition coefficient (Wildman–Crippen LogP) is 3.60. The van der Waals surface area contributed by atoms with Gasteiger partial charge in [-0.25, -0.2) is 0 Å². The maximum atomic E-state index is 12.0. The number of nitrogens with one attached hydrogen (secondary N) is 1. The first-order valence-corrected chi connectivity index (χ1v) is 8.07. The molecule has 0 unspecified atom stereocenters. The Morgan fingerprint density at radius 1 is 1.32 bits per heavy atom. The van der Waals surface area contributed by atoms with Crippen molar-refractivity contribution in [2.45, 2.75) is 18.4 Å². The van der Waals surface area contributed by atoms with E-state index in [0.29, 0.717) is 16.3 Å². The number of anilines is 1. The third-order valence-corrected chi connectivity index (χ3v) is 4.53. The molecule has 3 atom stereocenters. The maximum absolute atomic E-state index is 12.0. The molecule has 1 N–H and O–H groups in total. The van der Waals surface area contributed by atoms with Gasteiger partial charge in [0.25, 0.3) is 0 Å². The van der Waals surface area contributed by atoms with Gasteiger partial charge in [0.15, 0.2) is 0 Å². The number of hydrogen-bond acceptors (Lipinski definition) is 4. The molecular formula is C18H14ClN3O3. The Morgan fingerprint density at radius 3 is 2.60 bits per heavy atom. The predicted molar refractivity (Wildman–Crippen MR) is 92.9 cm³/mol. The van der Waals surface area contributed by atoms with Gasteiger partial charge in [0.2, 0.25) is 11.9 Å². The summed E-state index contributed by atoms with van der Waals surface area (Å²) in [7, 11) is 0. The summed E-state index contributed by atoms with van der Waals surface area (Å²) in [5, 5.41) is 23.1. The number of carbonyl (C=O) groups excluding carboxylic acids is 1. The van der Waals surface area contributed by atoms with Crippen LogP contribution in [0.15, 0.2) is 48.5 Å². The van der Waals surface area contributed by atoms with Gasteiger partial charge in [0, 0.05) is 22.1 Å². The zero-order chi connectivity index (χ0) is 18.0. The number of benzene rings is 2. The van der Waals surface area contributed by atoms with E-state index in [1.165, 1.54) is 0 Å². The minimum absolute atomic E-state index is 0.259. The summed E-state index contributed by atoms with van der Waals surface area (Å²) in [6, 6.07) is 15.6. The number of nitriles is 1. The molecule has 126 valence electrons. The van der Waals surface area contributed by atoms with E-state index in [0.717, 1.165) is 5.56 Å². The van der Waals surface area contributed by atoms with E-state index in [9.17, 15) is 20.2 Å². The number of nitrogens with zero attached hydrogens (tertiary/aromatic N) is 2. The zero-order valence-electron chi connectivity index (χ0n) is 13.1. The van der Waals surface area contributed by atoms with Crippen molar-refractivity contribution in [1.82, 2.24) is 0 Å². The summed E-state index contributed by atoms with van der Waals surface area (Å²) < 4.78 is 0. The topological polar surface area (TPSA) is 96.0 Å². The third kappa shape index (κ3) is 3.62. The van der Waals surface area contributed by atoms with Gasteiger partial charge in [0.1, 0.15) is 5.92 Å². The van der Waals surface area contributed by atoms with E-state index >= 15 is 0 Å². The summed E-state index contributed by atoms with van der Waals surface area (Å²) in [6.07, 6.45) is 0.259. The molecule has 0 bridgehead atoms. The first-order valence-electron chi connectivity index (χ1n) is 7.69. The van der Waals surface area contributed by atoms with Crippen LogP contribution < -0.4 is 5.32 Å². The van der Waals surface area contributed by atoms with Crippen LogP contribution >= 0.6 is 11.6 Å². The second-order valence-electron chi connectivity index (χ2n) is 5.89. The van der Waals surface area contributed by atoms with Crippen LogP contribution in [0.3, 0.4) is 0 Å². The number of amides is 1. The van der Waals surface area contributed by atoms with Crippen LogP contribution in [-0.4, -0.2) is 16.9 Å². The van der Waals surface area contributed by atoms with Crippen molar-refractivity contribution in [2.24, 2.45) is 5.92 Å². The zero-order valence-corrected chi connectivity index (χ0v) is 13.8. The molecule has 0 aliphatic heterocycles. The highest BCUT2D eigenvalue weighted by atomic mass is 35.5. The minimum atomic E-state index is -0.796. The van der Waals surface area contributed by atoms with Gasteiger partial charge in [-0.1, -0.05) is 48.0 Å². The molecule has 2 aromatic rings. The van der Waals surface area contributed by atoms with E-state index in [2.05, 4.69) is 11.4 Å². The Morgan fingerprint density at radius 2 is 2.04 bits per heavy atom. The smallest absolute Gasteiger partial charge is 0.234 e. The summed E-state index contributed by atoms with van der Waals surface area (Å²) in [5.74, 6) is -1.49. The minimum Gasteiger partial charge on any atom is -0.326 e. The second-order valence-corrected chi connectivity index (χ2v) is 6.30. The molecule has 1 fully saturated rings. The molecule has 25 heavy (non-hydrogen) atoms. The van der Waals surface area contributed by atoms with E-state index in [-0.39, 0.29) is 12.3 Å². The van der Waals surface area contributed by atoms with Crippen molar-refractivity contribution in [2.75, 3.05) is 5.32 Å². The monoisotopic (exact) mass is 355 g/mol. The molecule has 3 rings (SSSR count). The highest BCUT2D eigenvalue weighted by Crippen LogP contribution is 2.35. The highest BCUT2D eigenvalue weighted by molar-refractivity contribution is 6.31. The molecule has 7 heteroatoms. The Balaban J connectivity index is 1.76. The highest BCUT2D eigenvalue weighted by Gasteiger charge is 2.53. The van der Waals surface area contributed by atoms with Gasteiger partial charge < -0.3 is 5.32 Å². The average molecular weight is 356 g/mol. The van der Waals surface area contributed by atoms with Gasteiger partial charge >= 0.3 is 0 Å². The first-order chi connectivity index (χ1) is 12.0. The second kappa shape index (κ2) is 6.91. The lowest BCUT2D eigenvalue weighted by molar-refractivity contribution is -0.497. The normalized spacial score (nSPS) is 19.5. The number of nitro groups is 1. The van der Waals surface area contributed by atoms with Crippen molar-refractivity contribution in [1.29, 1.82) is 5.26 Å². The Kier molecular flexibility index (Phi) is 4.68. The van der Waals surface area contributed by atoms with Crippen LogP contribution in [0.1, 0.15) is 23.5 Å². The van der Waals surface area contributed by atoms with Crippen LogP contribution in [0.5, 0.6) is 0 Å². The van der Waals surface area contributed by atoms with Crippen molar-refractivity contribution in [3.63, 3.8) is 0 Å². The van der Waals surface area contributed by atoms with E-state index in [1.807, 2.05) is 30.3 Å². The summed E-state index contributed by atoms with van der Waals surface area (Å²) in [4.78, 5) is 22.2. The number of carbonyl (C=O) groups is 1. The molecule has 1 aliphatic rings. The molecular weight excluding hydrogens is 342 g/mol. The Hall–Kier alpha value is -2.91. The standard InChI is InChI=1S/C18H14ClN3O3/c19-16-8-12(21-18(23)14-9-17(14)22(24)25)6-7-13(16)15(10-20)11-4-2-1-3-5-11/h1-8,14-15,17H,9H2,(H,21,23)/t14-,15-,17+/m1/s1. The van der Waals surface area contributed by atoms with E-state index in [4.69, 9.17) is 11.6 Å². The van der Waals surface area contributed by atoms with Gasteiger partial charge in [0.05, 0.1) is 12.0 Å². The van der Waals surface area contributed by atoms with Crippen molar-refractivity contribution in [3.05, 3.63) is 74.8 Å². The fourth-order valence-corrected chi connectivity index (χ4v) is 3.03.